The standard InChI is InChI=1S/C19H21N3O4S/c1-10-6-7-11(2)22(10)18-17(13(4)14(5)27-18)19(24)25-9-16(23)20-15-8-12(3)26-21-15/h6-8H,9H2,1-5H3,(H,20,21,23). The van der Waals surface area contributed by atoms with Crippen LogP contribution in [0.3, 0.4) is 0 Å². The Labute approximate surface area is 160 Å². The molecular weight excluding hydrogens is 366 g/mol. The van der Waals surface area contributed by atoms with Gasteiger partial charge >= 0.3 is 5.97 Å². The summed E-state index contributed by atoms with van der Waals surface area (Å²) >= 11 is 1.53. The molecule has 7 nitrogen and oxygen atoms in total. The summed E-state index contributed by atoms with van der Waals surface area (Å²) in [6.07, 6.45) is 0. The molecule has 1 amide bonds. The second-order valence-electron chi connectivity index (χ2n) is 6.36. The molecule has 0 aromatic carbocycles. The minimum absolute atomic E-state index is 0.287. The maximum atomic E-state index is 12.7. The van der Waals surface area contributed by atoms with Crippen LogP contribution in [0.15, 0.2) is 22.7 Å². The highest BCUT2D eigenvalue weighted by Crippen LogP contribution is 2.33. The highest BCUT2D eigenvalue weighted by molar-refractivity contribution is 7.15. The lowest BCUT2D eigenvalue weighted by Gasteiger charge is -2.11. The number of hydrogen-bond acceptors (Lipinski definition) is 6. The molecule has 0 aliphatic rings. The summed E-state index contributed by atoms with van der Waals surface area (Å²) in [6, 6.07) is 5.59. The molecule has 0 saturated carbocycles. The van der Waals surface area contributed by atoms with Crippen molar-refractivity contribution in [2.75, 3.05) is 11.9 Å². The van der Waals surface area contributed by atoms with Crippen molar-refractivity contribution in [3.05, 3.63) is 51.4 Å². The van der Waals surface area contributed by atoms with Crippen molar-refractivity contribution >= 4 is 29.0 Å². The van der Waals surface area contributed by atoms with Crippen LogP contribution in [0.5, 0.6) is 0 Å². The van der Waals surface area contributed by atoms with Crippen molar-refractivity contribution in [1.82, 2.24) is 9.72 Å². The molecule has 0 fully saturated rings. The van der Waals surface area contributed by atoms with Gasteiger partial charge in [0, 0.05) is 22.3 Å². The number of amides is 1. The van der Waals surface area contributed by atoms with Gasteiger partial charge < -0.3 is 19.1 Å². The number of rotatable bonds is 5. The van der Waals surface area contributed by atoms with Crippen LogP contribution in [0.1, 0.15) is 37.9 Å². The maximum absolute atomic E-state index is 12.7. The molecule has 0 aliphatic heterocycles. The number of thiophene rings is 1. The molecule has 8 heteroatoms. The summed E-state index contributed by atoms with van der Waals surface area (Å²) in [5, 5.41) is 7.01. The largest absolute Gasteiger partial charge is 0.452 e. The van der Waals surface area contributed by atoms with Gasteiger partial charge in [0.05, 0.1) is 5.56 Å². The molecule has 27 heavy (non-hydrogen) atoms. The van der Waals surface area contributed by atoms with Gasteiger partial charge in [-0.3, -0.25) is 4.79 Å². The highest BCUT2D eigenvalue weighted by atomic mass is 32.1. The zero-order valence-corrected chi connectivity index (χ0v) is 16.7. The molecule has 3 heterocycles. The van der Waals surface area contributed by atoms with Gasteiger partial charge in [-0.2, -0.15) is 0 Å². The number of ether oxygens (including phenoxy) is 1. The summed E-state index contributed by atoms with van der Waals surface area (Å²) in [7, 11) is 0. The predicted octanol–water partition coefficient (Wildman–Crippen LogP) is 3.86. The van der Waals surface area contributed by atoms with E-state index in [-0.39, 0.29) is 5.82 Å². The van der Waals surface area contributed by atoms with Gasteiger partial charge in [-0.15, -0.1) is 11.3 Å². The van der Waals surface area contributed by atoms with Crippen LogP contribution in [0.2, 0.25) is 0 Å². The molecule has 0 radical (unpaired) electrons. The number of esters is 1. The zero-order chi connectivity index (χ0) is 19.7. The van der Waals surface area contributed by atoms with Gasteiger partial charge in [0.2, 0.25) is 0 Å². The minimum Gasteiger partial charge on any atom is -0.452 e. The van der Waals surface area contributed by atoms with Crippen molar-refractivity contribution in [3.63, 3.8) is 0 Å². The SMILES string of the molecule is Cc1cc(NC(=O)COC(=O)c2c(-n3c(C)ccc3C)sc(C)c2C)no1. The third-order valence-corrected chi connectivity index (χ3v) is 5.47. The fourth-order valence-corrected chi connectivity index (χ4v) is 4.07. The molecule has 0 spiro atoms. The number of nitrogens with zero attached hydrogens (tertiary/aromatic N) is 2. The number of aromatic nitrogens is 2. The van der Waals surface area contributed by atoms with E-state index in [0.717, 1.165) is 26.8 Å². The summed E-state index contributed by atoms with van der Waals surface area (Å²) < 4.78 is 12.2. The van der Waals surface area contributed by atoms with Crippen molar-refractivity contribution in [3.8, 4) is 5.00 Å². The number of nitrogens with one attached hydrogen (secondary N) is 1. The monoisotopic (exact) mass is 387 g/mol. The Morgan fingerprint density at radius 1 is 1.19 bits per heavy atom. The summed E-state index contributed by atoms with van der Waals surface area (Å²) in [5.41, 5.74) is 3.41. The van der Waals surface area contributed by atoms with Crippen LogP contribution in [0.25, 0.3) is 5.00 Å². The van der Waals surface area contributed by atoms with Crippen LogP contribution < -0.4 is 5.32 Å². The number of aryl methyl sites for hydroxylation is 4. The van der Waals surface area contributed by atoms with Crippen LogP contribution in [0.4, 0.5) is 5.82 Å². The number of carbonyl (C=O) groups excluding carboxylic acids is 2. The Kier molecular flexibility index (Phi) is 5.18. The Hall–Kier alpha value is -2.87. The average Bonchev–Trinajstić information content (AvgIpc) is 3.25. The molecule has 142 valence electrons. The predicted molar refractivity (Wildman–Crippen MR) is 103 cm³/mol. The number of carbonyl (C=O) groups is 2. The minimum atomic E-state index is -0.522. The molecule has 0 unspecified atom stereocenters. The van der Waals surface area contributed by atoms with E-state index in [9.17, 15) is 9.59 Å². The first-order valence-corrected chi connectivity index (χ1v) is 9.25. The van der Waals surface area contributed by atoms with Gasteiger partial charge in [-0.25, -0.2) is 4.79 Å². The van der Waals surface area contributed by atoms with Crippen LogP contribution in [-0.2, 0) is 9.53 Å². The first-order valence-electron chi connectivity index (χ1n) is 8.43. The van der Waals surface area contributed by atoms with Crippen molar-refractivity contribution < 1.29 is 18.8 Å². The van der Waals surface area contributed by atoms with E-state index in [1.807, 2.05) is 44.4 Å². The lowest BCUT2D eigenvalue weighted by molar-refractivity contribution is -0.119. The fourth-order valence-electron chi connectivity index (χ4n) is 2.80. The van der Waals surface area contributed by atoms with E-state index in [1.54, 1.807) is 13.0 Å². The molecule has 3 rings (SSSR count). The highest BCUT2D eigenvalue weighted by Gasteiger charge is 2.24. The van der Waals surface area contributed by atoms with Gasteiger partial charge in [0.1, 0.15) is 10.8 Å². The third-order valence-electron chi connectivity index (χ3n) is 4.27. The van der Waals surface area contributed by atoms with Crippen molar-refractivity contribution in [2.45, 2.75) is 34.6 Å². The fraction of sp³-hybridized carbons (Fsp3) is 0.316. The first kappa shape index (κ1) is 18.9. The van der Waals surface area contributed by atoms with Crippen molar-refractivity contribution in [2.24, 2.45) is 0 Å². The van der Waals surface area contributed by atoms with E-state index in [1.165, 1.54) is 11.3 Å². The summed E-state index contributed by atoms with van der Waals surface area (Å²) in [4.78, 5) is 25.8. The second-order valence-corrected chi connectivity index (χ2v) is 7.57. The normalized spacial score (nSPS) is 10.9. The molecule has 1 N–H and O–H groups in total. The van der Waals surface area contributed by atoms with Crippen molar-refractivity contribution in [1.29, 1.82) is 0 Å². The third kappa shape index (κ3) is 3.80. The summed E-state index contributed by atoms with van der Waals surface area (Å²) in [6.45, 7) is 9.14. The van der Waals surface area contributed by atoms with E-state index in [2.05, 4.69) is 10.5 Å². The van der Waals surface area contributed by atoms with Gasteiger partial charge in [-0.1, -0.05) is 5.16 Å². The molecular formula is C19H21N3O4S. The molecule has 0 saturated heterocycles. The second kappa shape index (κ2) is 7.40. The maximum Gasteiger partial charge on any atom is 0.341 e. The van der Waals surface area contributed by atoms with E-state index >= 15 is 0 Å². The summed E-state index contributed by atoms with van der Waals surface area (Å²) in [5.74, 6) is -0.133. The Balaban J connectivity index is 1.78. The van der Waals surface area contributed by atoms with E-state index in [4.69, 9.17) is 9.26 Å². The topological polar surface area (TPSA) is 86.4 Å². The van der Waals surface area contributed by atoms with E-state index in [0.29, 0.717) is 11.3 Å². The Morgan fingerprint density at radius 3 is 2.44 bits per heavy atom. The van der Waals surface area contributed by atoms with Crippen LogP contribution >= 0.6 is 11.3 Å². The lowest BCUT2D eigenvalue weighted by atomic mass is 10.1. The molecule has 0 atom stereocenters. The Bertz CT molecular complexity index is 993. The van der Waals surface area contributed by atoms with Gasteiger partial charge in [0.15, 0.2) is 12.4 Å². The van der Waals surface area contributed by atoms with Gasteiger partial charge in [0.25, 0.3) is 5.91 Å². The average molecular weight is 387 g/mol. The molecule has 3 aromatic heterocycles. The van der Waals surface area contributed by atoms with E-state index < -0.39 is 18.5 Å². The number of hydrogen-bond donors (Lipinski definition) is 1. The van der Waals surface area contributed by atoms with Gasteiger partial charge in [-0.05, 0) is 52.3 Å². The van der Waals surface area contributed by atoms with Crippen LogP contribution in [-0.4, -0.2) is 28.2 Å². The Morgan fingerprint density at radius 2 is 1.85 bits per heavy atom. The molecule has 0 aliphatic carbocycles. The zero-order valence-electron chi connectivity index (χ0n) is 15.9. The first-order chi connectivity index (χ1) is 12.8. The lowest BCUT2D eigenvalue weighted by Crippen LogP contribution is -2.21. The number of anilines is 1. The molecule has 0 bridgehead atoms. The van der Waals surface area contributed by atoms with Crippen LogP contribution in [0, 0.1) is 34.6 Å². The molecule has 3 aromatic rings. The quantitative estimate of drug-likeness (QED) is 0.672. The smallest absolute Gasteiger partial charge is 0.341 e.